The molecule has 2 aromatic carbocycles. The number of ether oxygens (including phenoxy) is 3. The fraction of sp³-hybridized carbons (Fsp3) is 0.200. The summed E-state index contributed by atoms with van der Waals surface area (Å²) < 4.78 is 16.1. The number of fused-ring (bicyclic) bond motifs is 1. The number of anilines is 1. The number of nitriles is 1. The van der Waals surface area contributed by atoms with Crippen LogP contribution in [-0.4, -0.2) is 19.3 Å². The topological polar surface area (TPSA) is 92.6 Å². The maximum atomic E-state index is 12.3. The third-order valence-corrected chi connectivity index (χ3v) is 3.81. The number of amides is 1. The second-order valence-corrected chi connectivity index (χ2v) is 5.61. The van der Waals surface area contributed by atoms with Crippen LogP contribution < -0.4 is 24.8 Å². The van der Waals surface area contributed by atoms with Gasteiger partial charge < -0.3 is 24.8 Å². The number of carbonyl (C=O) groups excluding carboxylic acids is 1. The van der Waals surface area contributed by atoms with Crippen LogP contribution in [0.2, 0.25) is 0 Å². The molecule has 0 spiro atoms. The van der Waals surface area contributed by atoms with Gasteiger partial charge in [-0.3, -0.25) is 4.79 Å². The van der Waals surface area contributed by atoms with Crippen molar-refractivity contribution in [1.82, 2.24) is 5.32 Å². The summed E-state index contributed by atoms with van der Waals surface area (Å²) in [5.41, 5.74) is 1.48. The first-order chi connectivity index (χ1) is 13.2. The number of benzene rings is 2. The molecule has 0 fully saturated rings. The predicted molar refractivity (Wildman–Crippen MR) is 99.3 cm³/mol. The van der Waals surface area contributed by atoms with Crippen LogP contribution in [0.15, 0.2) is 54.2 Å². The van der Waals surface area contributed by atoms with E-state index < -0.39 is 5.91 Å². The molecule has 0 unspecified atom stereocenters. The Hall–Kier alpha value is -3.66. The average molecular weight is 365 g/mol. The first kappa shape index (κ1) is 18.1. The Labute approximate surface area is 157 Å². The van der Waals surface area contributed by atoms with E-state index in [-0.39, 0.29) is 18.9 Å². The summed E-state index contributed by atoms with van der Waals surface area (Å²) in [5, 5.41) is 15.0. The first-order valence-electron chi connectivity index (χ1n) is 8.46. The lowest BCUT2D eigenvalue weighted by Gasteiger charge is -2.10. The maximum absolute atomic E-state index is 12.3. The normalized spacial score (nSPS) is 12.2. The Kier molecular flexibility index (Phi) is 5.80. The minimum Gasteiger partial charge on any atom is -0.492 e. The van der Waals surface area contributed by atoms with Crippen molar-refractivity contribution in [2.75, 3.05) is 18.7 Å². The van der Waals surface area contributed by atoms with Crippen molar-refractivity contribution in [2.24, 2.45) is 0 Å². The lowest BCUT2D eigenvalue weighted by molar-refractivity contribution is -0.117. The third-order valence-electron chi connectivity index (χ3n) is 3.81. The Morgan fingerprint density at radius 3 is 2.89 bits per heavy atom. The number of nitrogens with one attached hydrogen (secondary N) is 2. The molecule has 7 heteroatoms. The van der Waals surface area contributed by atoms with Crippen LogP contribution in [0.5, 0.6) is 17.2 Å². The molecule has 0 aromatic heterocycles. The van der Waals surface area contributed by atoms with Gasteiger partial charge in [-0.05, 0) is 36.8 Å². The van der Waals surface area contributed by atoms with Crippen molar-refractivity contribution in [3.63, 3.8) is 0 Å². The maximum Gasteiger partial charge on any atom is 0.263 e. The molecule has 1 aliphatic rings. The van der Waals surface area contributed by atoms with E-state index in [0.29, 0.717) is 29.5 Å². The molecule has 3 rings (SSSR count). The van der Waals surface area contributed by atoms with E-state index in [2.05, 4.69) is 10.6 Å². The van der Waals surface area contributed by atoms with E-state index in [1.807, 2.05) is 37.3 Å². The van der Waals surface area contributed by atoms with Crippen LogP contribution in [0.3, 0.4) is 0 Å². The molecule has 0 radical (unpaired) electrons. The second kappa shape index (κ2) is 8.63. The quantitative estimate of drug-likeness (QED) is 0.579. The van der Waals surface area contributed by atoms with Crippen molar-refractivity contribution in [3.8, 4) is 23.3 Å². The molecule has 7 nitrogen and oxygen atoms in total. The van der Waals surface area contributed by atoms with Crippen molar-refractivity contribution in [2.45, 2.75) is 13.5 Å². The summed E-state index contributed by atoms with van der Waals surface area (Å²) in [7, 11) is 0. The van der Waals surface area contributed by atoms with Crippen LogP contribution in [0.25, 0.3) is 0 Å². The van der Waals surface area contributed by atoms with Gasteiger partial charge in [0.2, 0.25) is 6.79 Å². The smallest absolute Gasteiger partial charge is 0.263 e. The van der Waals surface area contributed by atoms with Gasteiger partial charge in [0.05, 0.1) is 12.3 Å². The van der Waals surface area contributed by atoms with Crippen LogP contribution in [0, 0.1) is 11.3 Å². The lowest BCUT2D eigenvalue weighted by atomic mass is 10.2. The summed E-state index contributed by atoms with van der Waals surface area (Å²) in [6, 6.07) is 14.6. The van der Waals surface area contributed by atoms with Gasteiger partial charge in [0, 0.05) is 12.7 Å². The van der Waals surface area contributed by atoms with Gasteiger partial charge >= 0.3 is 0 Å². The highest BCUT2D eigenvalue weighted by molar-refractivity contribution is 5.97. The molecular formula is C20H19N3O4. The van der Waals surface area contributed by atoms with Gasteiger partial charge in [0.25, 0.3) is 5.91 Å². The predicted octanol–water partition coefficient (Wildman–Crippen LogP) is 2.95. The van der Waals surface area contributed by atoms with Gasteiger partial charge in [-0.2, -0.15) is 5.26 Å². The van der Waals surface area contributed by atoms with E-state index in [9.17, 15) is 10.1 Å². The highest BCUT2D eigenvalue weighted by Gasteiger charge is 2.14. The van der Waals surface area contributed by atoms with Gasteiger partial charge in [-0.25, -0.2) is 0 Å². The largest absolute Gasteiger partial charge is 0.492 e. The minimum atomic E-state index is -0.475. The summed E-state index contributed by atoms with van der Waals surface area (Å²) in [6.07, 6.45) is 1.37. The molecule has 0 atom stereocenters. The second-order valence-electron chi connectivity index (χ2n) is 5.61. The van der Waals surface area contributed by atoms with E-state index >= 15 is 0 Å². The molecule has 2 N–H and O–H groups in total. The van der Waals surface area contributed by atoms with Gasteiger partial charge in [-0.1, -0.05) is 18.2 Å². The van der Waals surface area contributed by atoms with E-state index in [4.69, 9.17) is 14.2 Å². The average Bonchev–Trinajstić information content (AvgIpc) is 3.16. The van der Waals surface area contributed by atoms with Crippen LogP contribution in [0.4, 0.5) is 5.69 Å². The van der Waals surface area contributed by atoms with E-state index in [1.165, 1.54) is 6.20 Å². The number of hydrogen-bond donors (Lipinski definition) is 2. The number of para-hydroxylation sites is 2. The minimum absolute atomic E-state index is 0.0398. The molecule has 1 heterocycles. The highest BCUT2D eigenvalue weighted by Crippen LogP contribution is 2.32. The molecule has 1 aliphatic heterocycles. The molecule has 27 heavy (non-hydrogen) atoms. The van der Waals surface area contributed by atoms with Crippen molar-refractivity contribution >= 4 is 11.6 Å². The zero-order valence-corrected chi connectivity index (χ0v) is 14.8. The summed E-state index contributed by atoms with van der Waals surface area (Å²) >= 11 is 0. The molecule has 0 bridgehead atoms. The molecule has 1 amide bonds. The van der Waals surface area contributed by atoms with Crippen molar-refractivity contribution in [1.29, 1.82) is 5.26 Å². The van der Waals surface area contributed by atoms with Gasteiger partial charge in [0.1, 0.15) is 17.4 Å². The van der Waals surface area contributed by atoms with Gasteiger partial charge in [-0.15, -0.1) is 0 Å². The first-order valence-corrected chi connectivity index (χ1v) is 8.46. The summed E-state index contributed by atoms with van der Waals surface area (Å²) in [5.74, 6) is 1.50. The van der Waals surface area contributed by atoms with E-state index in [0.717, 1.165) is 5.56 Å². The zero-order valence-electron chi connectivity index (χ0n) is 14.8. The SMILES string of the molecule is CCOc1ccccc1N/C=C(/C#N)C(=O)NCc1ccc2c(c1)OCO2. The Morgan fingerprint density at radius 2 is 2.07 bits per heavy atom. The van der Waals surface area contributed by atoms with Crippen LogP contribution in [-0.2, 0) is 11.3 Å². The molecular weight excluding hydrogens is 346 g/mol. The Balaban J connectivity index is 1.62. The summed E-state index contributed by atoms with van der Waals surface area (Å²) in [6.45, 7) is 2.87. The molecule has 138 valence electrons. The lowest BCUT2D eigenvalue weighted by Crippen LogP contribution is -2.24. The molecule has 2 aromatic rings. The van der Waals surface area contributed by atoms with E-state index in [1.54, 1.807) is 18.2 Å². The zero-order chi connectivity index (χ0) is 19.1. The Bertz CT molecular complexity index is 902. The van der Waals surface area contributed by atoms with Crippen LogP contribution in [0.1, 0.15) is 12.5 Å². The highest BCUT2D eigenvalue weighted by atomic mass is 16.7. The molecule has 0 saturated carbocycles. The number of nitrogens with zero attached hydrogens (tertiary/aromatic N) is 1. The van der Waals surface area contributed by atoms with Crippen molar-refractivity contribution in [3.05, 3.63) is 59.8 Å². The van der Waals surface area contributed by atoms with Crippen LogP contribution >= 0.6 is 0 Å². The molecule has 0 aliphatic carbocycles. The monoisotopic (exact) mass is 365 g/mol. The fourth-order valence-electron chi connectivity index (χ4n) is 2.49. The number of carbonyl (C=O) groups is 1. The third kappa shape index (κ3) is 4.50. The standard InChI is InChI=1S/C20H19N3O4/c1-2-25-17-6-4-3-5-16(17)22-12-15(10-21)20(24)23-11-14-7-8-18-19(9-14)27-13-26-18/h3-9,12,22H,2,11,13H2,1H3,(H,23,24)/b15-12-. The van der Waals surface area contributed by atoms with Crippen molar-refractivity contribution < 1.29 is 19.0 Å². The number of hydrogen-bond acceptors (Lipinski definition) is 6. The Morgan fingerprint density at radius 1 is 1.26 bits per heavy atom. The summed E-state index contributed by atoms with van der Waals surface area (Å²) in [4.78, 5) is 12.3. The van der Waals surface area contributed by atoms with Gasteiger partial charge in [0.15, 0.2) is 11.5 Å². The fourth-order valence-corrected chi connectivity index (χ4v) is 2.49. The molecule has 0 saturated heterocycles. The number of rotatable bonds is 7.